The molecular formula is C22H37NO. The third-order valence-corrected chi connectivity index (χ3v) is 3.85. The number of hydrogen-bond acceptors (Lipinski definition) is 2. The summed E-state index contributed by atoms with van der Waals surface area (Å²) in [6.45, 7) is 11.8. The predicted octanol–water partition coefficient (Wildman–Crippen LogP) is 6.04. The second-order valence-corrected chi connectivity index (χ2v) is 6.46. The van der Waals surface area contributed by atoms with E-state index in [1.54, 1.807) is 6.26 Å². The van der Waals surface area contributed by atoms with E-state index in [0.717, 1.165) is 25.1 Å². The van der Waals surface area contributed by atoms with E-state index in [0.29, 0.717) is 0 Å². The molecule has 0 radical (unpaired) electrons. The molecule has 2 heteroatoms. The van der Waals surface area contributed by atoms with Crippen LogP contribution in [-0.4, -0.2) is 25.5 Å². The molecule has 0 unspecified atom stereocenters. The van der Waals surface area contributed by atoms with E-state index < -0.39 is 0 Å². The van der Waals surface area contributed by atoms with Crippen LogP contribution >= 0.6 is 0 Å². The van der Waals surface area contributed by atoms with Crippen molar-refractivity contribution in [3.8, 4) is 0 Å². The molecule has 0 amide bonds. The van der Waals surface area contributed by atoms with Crippen LogP contribution in [0.2, 0.25) is 0 Å². The Labute approximate surface area is 150 Å². The van der Waals surface area contributed by atoms with Gasteiger partial charge in [-0.05, 0) is 76.6 Å². The van der Waals surface area contributed by atoms with Gasteiger partial charge in [0.15, 0.2) is 0 Å². The monoisotopic (exact) mass is 331 g/mol. The van der Waals surface area contributed by atoms with E-state index in [1.807, 2.05) is 19.1 Å². The van der Waals surface area contributed by atoms with Gasteiger partial charge in [0.1, 0.15) is 0 Å². The topological polar surface area (TPSA) is 12.5 Å². The maximum absolute atomic E-state index is 4.96. The first kappa shape index (κ1) is 22.5. The fourth-order valence-corrected chi connectivity index (χ4v) is 2.07. The van der Waals surface area contributed by atoms with Crippen molar-refractivity contribution >= 4 is 0 Å². The van der Waals surface area contributed by atoms with Crippen LogP contribution in [0, 0.1) is 13.8 Å². The number of unbranched alkanes of at least 4 members (excludes halogenated alkanes) is 1. The normalized spacial score (nSPS) is 12.4. The van der Waals surface area contributed by atoms with E-state index >= 15 is 0 Å². The molecule has 0 saturated carbocycles. The lowest BCUT2D eigenvalue weighted by molar-refractivity contribution is 0.344. The van der Waals surface area contributed by atoms with Crippen LogP contribution in [0.15, 0.2) is 42.4 Å². The van der Waals surface area contributed by atoms with Gasteiger partial charge in [0, 0.05) is 6.54 Å². The molecule has 1 aliphatic rings. The highest BCUT2D eigenvalue weighted by molar-refractivity contribution is 5.33. The van der Waals surface area contributed by atoms with Gasteiger partial charge >= 0.3 is 0 Å². The maximum Gasteiger partial charge on any atom is 0.0964 e. The molecule has 0 saturated heterocycles. The zero-order valence-electron chi connectivity index (χ0n) is 16.9. The zero-order valence-corrected chi connectivity index (χ0v) is 16.9. The lowest BCUT2D eigenvalue weighted by Gasteiger charge is -2.13. The van der Waals surface area contributed by atoms with Crippen molar-refractivity contribution in [2.24, 2.45) is 0 Å². The standard InChI is InChI=1S/C12H19N.C6H8O.C4H10/c1-10-6-5-7-11(2)12(10)8-9-13(3)4;1-6-4-2-3-5-7-6;1-3-4-2/h5-7H,8-9H2,1-4H3;3-5H,2H2,1H3;3-4H2,1-2H3. The number of ether oxygens (including phenoxy) is 1. The van der Waals surface area contributed by atoms with Crippen molar-refractivity contribution in [1.29, 1.82) is 0 Å². The SMILES string of the molecule is CC1=CCC=CO1.CCCC.Cc1cccc(C)c1CCN(C)C. The molecule has 136 valence electrons. The van der Waals surface area contributed by atoms with Crippen LogP contribution in [0.3, 0.4) is 0 Å². The second kappa shape index (κ2) is 13.9. The Balaban J connectivity index is 0.000000401. The van der Waals surface area contributed by atoms with Gasteiger partial charge in [-0.3, -0.25) is 0 Å². The lowest BCUT2D eigenvalue weighted by atomic mass is 10.0. The second-order valence-electron chi connectivity index (χ2n) is 6.46. The first-order valence-electron chi connectivity index (χ1n) is 9.10. The number of allylic oxidation sites excluding steroid dienone is 3. The van der Waals surface area contributed by atoms with E-state index in [2.05, 4.69) is 64.9 Å². The molecule has 0 N–H and O–H groups in total. The molecule has 1 heterocycles. The Kier molecular flexibility index (Phi) is 13.0. The first-order valence-corrected chi connectivity index (χ1v) is 9.10. The van der Waals surface area contributed by atoms with Crippen molar-refractivity contribution in [2.45, 2.75) is 60.3 Å². The van der Waals surface area contributed by atoms with Gasteiger partial charge < -0.3 is 9.64 Å². The summed E-state index contributed by atoms with van der Waals surface area (Å²) in [6, 6.07) is 6.51. The minimum atomic E-state index is 1.00. The third kappa shape index (κ3) is 11.1. The number of hydrogen-bond donors (Lipinski definition) is 0. The Morgan fingerprint density at radius 3 is 1.92 bits per heavy atom. The highest BCUT2D eigenvalue weighted by atomic mass is 16.5. The Morgan fingerprint density at radius 2 is 1.58 bits per heavy atom. The highest BCUT2D eigenvalue weighted by Gasteiger charge is 2.01. The molecule has 1 aromatic carbocycles. The maximum atomic E-state index is 4.96. The van der Waals surface area contributed by atoms with E-state index in [-0.39, 0.29) is 0 Å². The van der Waals surface area contributed by atoms with Crippen LogP contribution in [0.25, 0.3) is 0 Å². The first-order chi connectivity index (χ1) is 11.4. The van der Waals surface area contributed by atoms with Crippen molar-refractivity contribution in [1.82, 2.24) is 4.90 Å². The summed E-state index contributed by atoms with van der Waals surface area (Å²) in [5, 5.41) is 0. The Hall–Kier alpha value is -1.54. The summed E-state index contributed by atoms with van der Waals surface area (Å²) in [4.78, 5) is 2.23. The van der Waals surface area contributed by atoms with E-state index in [4.69, 9.17) is 4.74 Å². The molecule has 0 spiro atoms. The molecule has 0 aromatic heterocycles. The fourth-order valence-electron chi connectivity index (χ4n) is 2.07. The number of aryl methyl sites for hydroxylation is 2. The van der Waals surface area contributed by atoms with Gasteiger partial charge in [-0.15, -0.1) is 0 Å². The van der Waals surface area contributed by atoms with Gasteiger partial charge in [-0.2, -0.15) is 0 Å². The van der Waals surface area contributed by atoms with Gasteiger partial charge in [-0.25, -0.2) is 0 Å². The number of likely N-dealkylation sites (N-methyl/N-ethyl adjacent to an activating group) is 1. The van der Waals surface area contributed by atoms with Crippen molar-refractivity contribution in [2.75, 3.05) is 20.6 Å². The number of rotatable bonds is 4. The average Bonchev–Trinajstić information content (AvgIpc) is 2.56. The minimum absolute atomic E-state index is 1.00. The van der Waals surface area contributed by atoms with Crippen LogP contribution in [0.5, 0.6) is 0 Å². The van der Waals surface area contributed by atoms with Gasteiger partial charge in [-0.1, -0.05) is 44.9 Å². The van der Waals surface area contributed by atoms with Crippen molar-refractivity contribution in [3.63, 3.8) is 0 Å². The minimum Gasteiger partial charge on any atom is -0.470 e. The lowest BCUT2D eigenvalue weighted by Crippen LogP contribution is -2.16. The predicted molar refractivity (Wildman–Crippen MR) is 107 cm³/mol. The third-order valence-electron chi connectivity index (χ3n) is 3.85. The Morgan fingerprint density at radius 1 is 1.00 bits per heavy atom. The van der Waals surface area contributed by atoms with Crippen molar-refractivity contribution < 1.29 is 4.74 Å². The molecule has 2 nitrogen and oxygen atoms in total. The smallest absolute Gasteiger partial charge is 0.0964 e. The Bertz CT molecular complexity index is 478. The van der Waals surface area contributed by atoms with Crippen LogP contribution in [-0.2, 0) is 11.2 Å². The van der Waals surface area contributed by atoms with Crippen LogP contribution in [0.4, 0.5) is 0 Å². The summed E-state index contributed by atoms with van der Waals surface area (Å²) in [6.07, 6.45) is 10.6. The molecule has 1 aliphatic heterocycles. The summed E-state index contributed by atoms with van der Waals surface area (Å²) in [5.41, 5.74) is 4.35. The number of benzene rings is 1. The molecule has 0 fully saturated rings. The molecule has 0 bridgehead atoms. The zero-order chi connectivity index (χ0) is 18.4. The molecule has 2 rings (SSSR count). The molecule has 0 aliphatic carbocycles. The fraction of sp³-hybridized carbons (Fsp3) is 0.545. The quantitative estimate of drug-likeness (QED) is 0.667. The van der Waals surface area contributed by atoms with E-state index in [9.17, 15) is 0 Å². The molecule has 1 aromatic rings. The summed E-state index contributed by atoms with van der Waals surface area (Å²) < 4.78 is 4.96. The van der Waals surface area contributed by atoms with Gasteiger partial charge in [0.2, 0.25) is 0 Å². The highest BCUT2D eigenvalue weighted by Crippen LogP contribution is 2.13. The van der Waals surface area contributed by atoms with Crippen LogP contribution < -0.4 is 0 Å². The average molecular weight is 332 g/mol. The van der Waals surface area contributed by atoms with Gasteiger partial charge in [0.05, 0.1) is 12.0 Å². The molecule has 24 heavy (non-hydrogen) atoms. The van der Waals surface area contributed by atoms with E-state index in [1.165, 1.54) is 29.5 Å². The largest absolute Gasteiger partial charge is 0.470 e. The summed E-state index contributed by atoms with van der Waals surface area (Å²) >= 11 is 0. The van der Waals surface area contributed by atoms with Crippen LogP contribution in [0.1, 0.15) is 56.7 Å². The summed E-state index contributed by atoms with van der Waals surface area (Å²) in [5.74, 6) is 1.00. The summed E-state index contributed by atoms with van der Waals surface area (Å²) in [7, 11) is 4.24. The van der Waals surface area contributed by atoms with Crippen molar-refractivity contribution in [3.05, 3.63) is 59.1 Å². The van der Waals surface area contributed by atoms with Gasteiger partial charge in [0.25, 0.3) is 0 Å². The molecular weight excluding hydrogens is 294 g/mol. The number of nitrogens with zero attached hydrogens (tertiary/aromatic N) is 1. The molecule has 0 atom stereocenters.